The number of hydrogen-bond donors (Lipinski definition) is 6. The fourth-order valence-corrected chi connectivity index (χ4v) is 0.520. The van der Waals surface area contributed by atoms with Gasteiger partial charge in [0.1, 0.15) is 0 Å². The molecule has 1 aromatic carbocycles. The van der Waals surface area contributed by atoms with Gasteiger partial charge in [0, 0.05) is 0 Å². The summed E-state index contributed by atoms with van der Waals surface area (Å²) in [6.45, 7) is 11.9. The van der Waals surface area contributed by atoms with Gasteiger partial charge in [0.05, 0.1) is 0 Å². The predicted octanol–water partition coefficient (Wildman–Crippen LogP) is 24.0. The molecule has 0 aliphatic carbocycles. The molecule has 0 heterocycles. The molecule has 0 amide bonds. The van der Waals surface area contributed by atoms with Crippen molar-refractivity contribution < 1.29 is 159 Å². The van der Waals surface area contributed by atoms with Gasteiger partial charge in [0.2, 0.25) is 0 Å². The van der Waals surface area contributed by atoms with Gasteiger partial charge in [0.15, 0.2) is 0 Å². The van der Waals surface area contributed by atoms with Crippen molar-refractivity contribution in [2.75, 3.05) is 6.54 Å². The summed E-state index contributed by atoms with van der Waals surface area (Å²) < 4.78 is 51.2. The molecule has 0 aliphatic rings. The van der Waals surface area contributed by atoms with Gasteiger partial charge >= 0.3 is 285 Å². The first-order valence-corrected chi connectivity index (χ1v) is 63.0. The molecular formula is C14H50BrCl15FN19O23PPt7S-12. The summed E-state index contributed by atoms with van der Waals surface area (Å²) >= 11 is -5.12. The molecule has 68 heteroatoms. The van der Waals surface area contributed by atoms with Crippen LogP contribution >= 0.6 is 162 Å². The Bertz CT molecular complexity index is 1140. The Balaban J connectivity index is -0.0000000145. The van der Waals surface area contributed by atoms with Crippen LogP contribution in [0, 0.1) is 84.6 Å². The van der Waals surface area contributed by atoms with Crippen molar-refractivity contribution >= 4 is 178 Å². The van der Waals surface area contributed by atoms with Crippen LogP contribution in [0.25, 0.3) is 73.0 Å². The minimum absolute atomic E-state index is 0. The second-order valence-electron chi connectivity index (χ2n) is 5.49. The van der Waals surface area contributed by atoms with E-state index in [1.807, 2.05) is 25.1 Å². The summed E-state index contributed by atoms with van der Waals surface area (Å²) in [6.07, 6.45) is 3.26. The third kappa shape index (κ3) is 2070. The molecule has 0 aliphatic heterocycles. The van der Waals surface area contributed by atoms with Crippen LogP contribution in [0.5, 0.6) is 0 Å². The first-order chi connectivity index (χ1) is 32.7. The Morgan fingerprint density at radius 2 is 0.720 bits per heavy atom. The molecule has 0 spiro atoms. The average molecular weight is 2910 g/mol. The van der Waals surface area contributed by atoms with Gasteiger partial charge in [-0.15, -0.1) is 54.3 Å². The van der Waals surface area contributed by atoms with E-state index in [0.717, 1.165) is 50.4 Å². The Morgan fingerprint density at radius 3 is 0.756 bits per heavy atom. The van der Waals surface area contributed by atoms with E-state index in [2.05, 4.69) is 52.9 Å². The van der Waals surface area contributed by atoms with Crippen molar-refractivity contribution in [1.82, 2.24) is 0 Å². The largest absolute Gasteiger partial charge is 0.693 e. The van der Waals surface area contributed by atoms with Crippen LogP contribution in [0.1, 0.15) is 38.7 Å². The summed E-state index contributed by atoms with van der Waals surface area (Å²) in [6, 6.07) is 7.25. The molecule has 0 fully saturated rings. The van der Waals surface area contributed by atoms with Crippen molar-refractivity contribution in [3.8, 4) is 0 Å². The van der Waals surface area contributed by atoms with Gasteiger partial charge < -0.3 is 160 Å². The Labute approximate surface area is 588 Å². The van der Waals surface area contributed by atoms with E-state index in [-0.39, 0.29) is 61.5 Å². The van der Waals surface area contributed by atoms with Crippen LogP contribution in [0.3, 0.4) is 0 Å². The molecule has 0 aromatic heterocycles. The van der Waals surface area contributed by atoms with Gasteiger partial charge in [-0.3, -0.25) is 14.8 Å². The Morgan fingerprint density at radius 1 is 0.634 bits per heavy atom. The number of hydrogen-bond acceptors (Lipinski definition) is 23. The maximum absolute atomic E-state index is 10.7. The number of halogens is 17. The van der Waals surface area contributed by atoms with E-state index in [1.54, 1.807) is 6.07 Å². The van der Waals surface area contributed by atoms with E-state index >= 15 is 0 Å². The third-order valence-electron chi connectivity index (χ3n) is 1.62. The van der Waals surface area contributed by atoms with Crippen molar-refractivity contribution in [2.45, 2.75) is 33.1 Å². The second-order valence-corrected chi connectivity index (χ2v) is 50.5. The van der Waals surface area contributed by atoms with E-state index < -0.39 is 132 Å². The van der Waals surface area contributed by atoms with Crippen molar-refractivity contribution in [1.29, 1.82) is 0 Å². The van der Waals surface area contributed by atoms with Crippen molar-refractivity contribution in [3.05, 3.63) is 187 Å². The minimum Gasteiger partial charge on any atom is -0.693 e. The molecule has 0 bridgehead atoms. The van der Waals surface area contributed by atoms with Crippen LogP contribution < -0.4 is 0 Å². The summed E-state index contributed by atoms with van der Waals surface area (Å²) in [5, 5.41) is 67.6. The smallest absolute Gasteiger partial charge is 0.693 e. The van der Waals surface area contributed by atoms with Gasteiger partial charge in [-0.25, -0.2) is 17.1 Å². The third-order valence-corrected chi connectivity index (χ3v) is 1.62. The first-order valence-electron chi connectivity index (χ1n) is 12.0. The van der Waals surface area contributed by atoms with E-state index in [9.17, 15) is 3.16 Å². The van der Waals surface area contributed by atoms with E-state index in [1.165, 1.54) is 6.42 Å². The minimum atomic E-state index is -4.67. The SMILES string of the molecule is CCC[NH-].O=N[O-].O=N[O-].O=N[O-].O=N[O-].O=N[O-].O=N[O-].O=P(O)(O)O.O=S(=O)(O)O.O=[N+]([O-])O.[CH2-]CCC.[CH2-]c1ccccc1[NH-].[Cl][Pt+2][Cl].[Cl][Pt+2][Cl].[Cl][Pt+2][Cl].[Cl][Pt+2][Cl].[Cl][Pt]([Cl])[Br].[Cl][Pt]([Cl])[Cl].[F][Pt]([Cl])[Cl].[NH2-].[NH2-].[NH2-].[NH2-].[NH2-].[NH2-].[NH2-].[NH2-].[NH2-].[NH2-]. The fourth-order valence-electron chi connectivity index (χ4n) is 0.520. The number of benzene rings is 1. The summed E-state index contributed by atoms with van der Waals surface area (Å²) in [4.78, 5) is 77.9. The average Bonchev–Trinajstić information content (AvgIpc) is 3.17. The maximum atomic E-state index is 10.7. The summed E-state index contributed by atoms with van der Waals surface area (Å²) in [5.41, 5.74) is 14.9. The van der Waals surface area contributed by atoms with Gasteiger partial charge in [-0.1, -0.05) is 32.8 Å². The van der Waals surface area contributed by atoms with E-state index in [4.69, 9.17) is 247 Å². The Kier molecular flexibility index (Phi) is 500. The monoisotopic (exact) mass is 2900 g/mol. The molecule has 0 unspecified atom stereocenters. The number of unbranched alkanes of at least 4 members (excludes halogenated alkanes) is 1. The van der Waals surface area contributed by atoms with Gasteiger partial charge in [-0.05, 0) is 0 Å². The molecule has 1 rings (SSSR count). The van der Waals surface area contributed by atoms with Crippen LogP contribution in [0.2, 0.25) is 0 Å². The fraction of sp³-hybridized carbons (Fsp3) is 0.429. The standard InChI is InChI=1S/C7H7N.C4H9.C3H8N.BrH.15ClH.FH.HNO3.6HNO2.10H2N.H3O4P.H2O4S.7Pt/c1-6-4-2-3-5-7(6)8;1-3-4-2;1-2-3-4;;;;;;;;;;;;;;;;;;2-1(3)4;6*2-1-3;;;;;;;;;;;2*1-5(2,3)4;;;;;;;/h2-5,8H,1H2;1,3-4H2,2H3;4H,2-3H2,1H3;17*1H;(H,2,3,4);6*(H,2,3);10*1H2;(H3,1,2,3,4);(H2,1,2,3,4);;;;;;;/q-2;2*-1;;;;;;;;;;;;;;;;;;;;;;;;;10*-1;;;3*+3;4*+4/p-23. The van der Waals surface area contributed by atoms with Gasteiger partial charge in [0.25, 0.3) is 5.09 Å². The van der Waals surface area contributed by atoms with Crippen LogP contribution in [0.4, 0.5) is 8.85 Å². The Hall–Kier alpha value is 3.61. The number of nitrogens with one attached hydrogen (secondary N) is 2. The van der Waals surface area contributed by atoms with Crippen LogP contribution in [-0.4, -0.2) is 49.0 Å². The zero-order valence-corrected chi connectivity index (χ0v) is 69.1. The molecule has 0 radical (unpaired) electrons. The molecule has 0 saturated carbocycles. The van der Waals surface area contributed by atoms with Gasteiger partial charge in [-0.2, -0.15) is 27.4 Å². The predicted molar refractivity (Wildman–Crippen MR) is 317 cm³/mol. The molecular weight excluding hydrogens is 2860 g/mol. The number of phosphoric acid groups is 1. The maximum Gasteiger partial charge on any atom is -0.693 e. The molecule has 0 saturated heterocycles. The zero-order valence-electron chi connectivity index (χ0n) is 38.6. The zero-order chi connectivity index (χ0) is 63.2. The second kappa shape index (κ2) is 222. The molecule has 0 atom stereocenters. The van der Waals surface area contributed by atoms with Crippen molar-refractivity contribution in [2.24, 2.45) is 32.0 Å². The first kappa shape index (κ1) is 185. The topological polar surface area (TPSA) is 913 Å². The number of rotatable bonds is 2. The van der Waals surface area contributed by atoms with Crippen LogP contribution in [-0.2, 0) is 124 Å². The normalized spacial score (nSPS) is 6.93. The molecule has 551 valence electrons. The molecule has 28 N–H and O–H groups in total. The number of nitrogens with zero attached hydrogens (tertiary/aromatic N) is 7. The molecule has 42 nitrogen and oxygen atoms in total. The quantitative estimate of drug-likeness (QED) is 0.0400. The van der Waals surface area contributed by atoms with Crippen LogP contribution in [0.15, 0.2) is 56.3 Å². The molecule has 82 heavy (non-hydrogen) atoms. The summed E-state index contributed by atoms with van der Waals surface area (Å²) in [5.74, 6) is 0. The number of nitrogens with two attached hydrogens (primary N) is 10. The van der Waals surface area contributed by atoms with Crippen molar-refractivity contribution in [3.63, 3.8) is 0 Å². The molecule has 1 aromatic rings. The van der Waals surface area contributed by atoms with E-state index in [0.29, 0.717) is 12.2 Å². The summed E-state index contributed by atoms with van der Waals surface area (Å²) in [7, 11) is 63.9.